The third-order valence-electron chi connectivity index (χ3n) is 5.02. The first-order valence-corrected chi connectivity index (χ1v) is 9.52. The summed E-state index contributed by atoms with van der Waals surface area (Å²) < 4.78 is 5.09. The summed E-state index contributed by atoms with van der Waals surface area (Å²) in [6.07, 6.45) is 4.09. The van der Waals surface area contributed by atoms with Crippen LogP contribution in [0, 0.1) is 0 Å². The Balaban J connectivity index is 1.48. The normalized spacial score (nSPS) is 15.0. The molecule has 4 nitrogen and oxygen atoms in total. The minimum absolute atomic E-state index is 0.0456. The van der Waals surface area contributed by atoms with Crippen molar-refractivity contribution in [1.29, 1.82) is 0 Å². The van der Waals surface area contributed by atoms with Gasteiger partial charge in [-0.05, 0) is 42.5 Å². The van der Waals surface area contributed by atoms with Crippen molar-refractivity contribution < 1.29 is 14.4 Å². The molecular weight excluding hydrogens is 324 g/mol. The molecule has 1 heterocycles. The lowest BCUT2D eigenvalue weighted by Crippen LogP contribution is -3.11. The van der Waals surface area contributed by atoms with E-state index in [-0.39, 0.29) is 5.91 Å². The second-order valence-corrected chi connectivity index (χ2v) is 7.12. The van der Waals surface area contributed by atoms with Crippen LogP contribution in [0.5, 0.6) is 0 Å². The molecule has 0 bridgehead atoms. The summed E-state index contributed by atoms with van der Waals surface area (Å²) >= 11 is 0. The largest absolute Gasteiger partial charge is 0.380 e. The molecule has 1 aliphatic rings. The van der Waals surface area contributed by atoms with Crippen LogP contribution in [0.4, 0.5) is 0 Å². The highest BCUT2D eigenvalue weighted by atomic mass is 16.5. The Labute approximate surface area is 156 Å². The van der Waals surface area contributed by atoms with E-state index in [1.54, 1.807) is 12.0 Å². The van der Waals surface area contributed by atoms with Gasteiger partial charge in [0, 0.05) is 24.8 Å². The van der Waals surface area contributed by atoms with Crippen molar-refractivity contribution in [3.63, 3.8) is 0 Å². The number of hydrogen-bond donors (Lipinski definition) is 2. The van der Waals surface area contributed by atoms with Gasteiger partial charge in [0.15, 0.2) is 0 Å². The second-order valence-electron chi connectivity index (χ2n) is 7.12. The van der Waals surface area contributed by atoms with Gasteiger partial charge in [0.1, 0.15) is 6.54 Å². The van der Waals surface area contributed by atoms with Crippen LogP contribution >= 0.6 is 0 Å². The first kappa shape index (κ1) is 18.6. The second kappa shape index (κ2) is 9.51. The number of nitrogens with one attached hydrogen (secondary N) is 2. The molecule has 0 radical (unpaired) electrons. The lowest BCUT2D eigenvalue weighted by Gasteiger charge is -2.23. The SMILES string of the molecule is COCc1ccc(C(=O)NCc2ccc(C[NH+]3CCCCC3)cc2)cc1. The molecule has 0 aromatic heterocycles. The first-order chi connectivity index (χ1) is 12.7. The third-order valence-corrected chi connectivity index (χ3v) is 5.02. The minimum atomic E-state index is -0.0456. The number of piperidine rings is 1. The molecule has 0 saturated carbocycles. The summed E-state index contributed by atoms with van der Waals surface area (Å²) in [5.74, 6) is -0.0456. The third kappa shape index (κ3) is 5.41. The maximum atomic E-state index is 12.3. The van der Waals surface area contributed by atoms with Gasteiger partial charge >= 0.3 is 0 Å². The van der Waals surface area contributed by atoms with E-state index >= 15 is 0 Å². The fourth-order valence-corrected chi connectivity index (χ4v) is 3.50. The van der Waals surface area contributed by atoms with E-state index in [0.717, 1.165) is 17.7 Å². The highest BCUT2D eigenvalue weighted by molar-refractivity contribution is 5.94. The topological polar surface area (TPSA) is 42.8 Å². The van der Waals surface area contributed by atoms with Crippen molar-refractivity contribution in [3.8, 4) is 0 Å². The number of likely N-dealkylation sites (tertiary alicyclic amines) is 1. The average molecular weight is 353 g/mol. The minimum Gasteiger partial charge on any atom is -0.380 e. The summed E-state index contributed by atoms with van der Waals surface area (Å²) in [5.41, 5.74) is 4.25. The van der Waals surface area contributed by atoms with Crippen molar-refractivity contribution in [2.24, 2.45) is 0 Å². The Morgan fingerprint density at radius 2 is 1.54 bits per heavy atom. The molecule has 3 rings (SSSR count). The average Bonchev–Trinajstić information content (AvgIpc) is 2.69. The monoisotopic (exact) mass is 353 g/mol. The van der Waals surface area contributed by atoms with E-state index in [1.807, 2.05) is 24.3 Å². The lowest BCUT2D eigenvalue weighted by atomic mass is 10.1. The van der Waals surface area contributed by atoms with Gasteiger partial charge in [-0.3, -0.25) is 4.79 Å². The number of hydrogen-bond acceptors (Lipinski definition) is 2. The van der Waals surface area contributed by atoms with Crippen molar-refractivity contribution >= 4 is 5.91 Å². The highest BCUT2D eigenvalue weighted by Crippen LogP contribution is 2.07. The Hall–Kier alpha value is -2.17. The molecule has 0 aliphatic carbocycles. The molecule has 0 unspecified atom stereocenters. The lowest BCUT2D eigenvalue weighted by molar-refractivity contribution is -0.918. The predicted octanol–water partition coefficient (Wildman–Crippen LogP) is 2.33. The highest BCUT2D eigenvalue weighted by Gasteiger charge is 2.13. The Bertz CT molecular complexity index is 689. The van der Waals surface area contributed by atoms with Crippen LogP contribution in [0.15, 0.2) is 48.5 Å². The Morgan fingerprint density at radius 3 is 2.19 bits per heavy atom. The molecule has 2 aromatic rings. The first-order valence-electron chi connectivity index (χ1n) is 9.52. The Morgan fingerprint density at radius 1 is 0.923 bits per heavy atom. The molecule has 26 heavy (non-hydrogen) atoms. The fraction of sp³-hybridized carbons (Fsp3) is 0.409. The van der Waals surface area contributed by atoms with Gasteiger partial charge in [-0.15, -0.1) is 0 Å². The number of ether oxygens (including phenoxy) is 1. The summed E-state index contributed by atoms with van der Waals surface area (Å²) in [7, 11) is 1.67. The van der Waals surface area contributed by atoms with Gasteiger partial charge in [-0.25, -0.2) is 0 Å². The summed E-state index contributed by atoms with van der Waals surface area (Å²) in [6.45, 7) is 4.81. The predicted molar refractivity (Wildman–Crippen MR) is 103 cm³/mol. The number of methoxy groups -OCH3 is 1. The maximum Gasteiger partial charge on any atom is 0.251 e. The molecule has 1 saturated heterocycles. The van der Waals surface area contributed by atoms with Crippen LogP contribution < -0.4 is 10.2 Å². The number of amides is 1. The molecule has 138 valence electrons. The summed E-state index contributed by atoms with van der Waals surface area (Å²) in [5, 5.41) is 2.99. The van der Waals surface area contributed by atoms with Gasteiger partial charge in [0.25, 0.3) is 5.91 Å². The van der Waals surface area contributed by atoms with Crippen LogP contribution in [0.2, 0.25) is 0 Å². The fourth-order valence-electron chi connectivity index (χ4n) is 3.50. The van der Waals surface area contributed by atoms with Crippen LogP contribution in [0.25, 0.3) is 0 Å². The van der Waals surface area contributed by atoms with Gasteiger partial charge in [-0.2, -0.15) is 0 Å². The van der Waals surface area contributed by atoms with Crippen LogP contribution in [-0.4, -0.2) is 26.1 Å². The molecule has 0 atom stereocenters. The molecular formula is C22H29N2O2+. The maximum absolute atomic E-state index is 12.3. The van der Waals surface area contributed by atoms with Gasteiger partial charge in [0.2, 0.25) is 0 Å². The van der Waals surface area contributed by atoms with E-state index in [1.165, 1.54) is 37.9 Å². The molecule has 1 amide bonds. The quantitative estimate of drug-likeness (QED) is 0.802. The number of carbonyl (C=O) groups excluding carboxylic acids is 1. The molecule has 2 N–H and O–H groups in total. The number of rotatable bonds is 7. The van der Waals surface area contributed by atoms with Crippen LogP contribution in [0.3, 0.4) is 0 Å². The van der Waals surface area contributed by atoms with Crippen molar-refractivity contribution in [2.45, 2.75) is 39.0 Å². The van der Waals surface area contributed by atoms with Gasteiger partial charge in [0.05, 0.1) is 19.7 Å². The van der Waals surface area contributed by atoms with E-state index in [4.69, 9.17) is 4.74 Å². The van der Waals surface area contributed by atoms with E-state index in [0.29, 0.717) is 18.7 Å². The van der Waals surface area contributed by atoms with Crippen molar-refractivity contribution in [3.05, 3.63) is 70.8 Å². The smallest absolute Gasteiger partial charge is 0.251 e. The number of benzene rings is 2. The van der Waals surface area contributed by atoms with Gasteiger partial charge < -0.3 is 15.0 Å². The van der Waals surface area contributed by atoms with Crippen LogP contribution in [-0.2, 0) is 24.4 Å². The number of quaternary nitrogens is 1. The molecule has 0 spiro atoms. The number of carbonyl (C=O) groups is 1. The summed E-state index contributed by atoms with van der Waals surface area (Å²) in [4.78, 5) is 14.0. The Kier molecular flexibility index (Phi) is 6.81. The zero-order chi connectivity index (χ0) is 18.2. The van der Waals surface area contributed by atoms with E-state index in [2.05, 4.69) is 29.6 Å². The van der Waals surface area contributed by atoms with Gasteiger partial charge in [-0.1, -0.05) is 36.4 Å². The van der Waals surface area contributed by atoms with Crippen molar-refractivity contribution in [1.82, 2.24) is 5.32 Å². The zero-order valence-corrected chi connectivity index (χ0v) is 15.6. The molecule has 4 heteroatoms. The van der Waals surface area contributed by atoms with E-state index < -0.39 is 0 Å². The van der Waals surface area contributed by atoms with E-state index in [9.17, 15) is 4.79 Å². The molecule has 1 aliphatic heterocycles. The standard InChI is InChI=1S/C22H28N2O2/c1-26-17-20-9-11-21(12-10-20)22(25)23-15-18-5-7-19(8-6-18)16-24-13-3-2-4-14-24/h5-12H,2-4,13-17H2,1H3,(H,23,25)/p+1. The summed E-state index contributed by atoms with van der Waals surface area (Å²) in [6, 6.07) is 16.2. The zero-order valence-electron chi connectivity index (χ0n) is 15.6. The molecule has 2 aromatic carbocycles. The van der Waals surface area contributed by atoms with Crippen LogP contribution in [0.1, 0.15) is 46.3 Å². The molecule has 1 fully saturated rings. The van der Waals surface area contributed by atoms with Crippen molar-refractivity contribution in [2.75, 3.05) is 20.2 Å².